The molecule has 1 aromatic rings. The van der Waals surface area contributed by atoms with Gasteiger partial charge in [-0.3, -0.25) is 0 Å². The van der Waals surface area contributed by atoms with Crippen LogP contribution in [0.3, 0.4) is 0 Å². The average Bonchev–Trinajstić information content (AvgIpc) is 2.92. The molecule has 2 heterocycles. The summed E-state index contributed by atoms with van der Waals surface area (Å²) in [5.41, 5.74) is 0.722. The standard InChI is InChI=1S/C13H22N2O3S2/c1-9-5-15(6-11(9)14(3)4)20(17,18)13-10(2)8-19-12(13)7-16/h8-9,11,16H,5-7H2,1-4H3. The van der Waals surface area contributed by atoms with Gasteiger partial charge in [0.05, 0.1) is 11.5 Å². The topological polar surface area (TPSA) is 60.9 Å². The van der Waals surface area contributed by atoms with E-state index in [0.29, 0.717) is 28.8 Å². The van der Waals surface area contributed by atoms with Crippen LogP contribution >= 0.6 is 11.3 Å². The van der Waals surface area contributed by atoms with Crippen LogP contribution in [0.15, 0.2) is 10.3 Å². The molecule has 7 heteroatoms. The van der Waals surface area contributed by atoms with E-state index in [4.69, 9.17) is 0 Å². The third kappa shape index (κ3) is 2.65. The van der Waals surface area contributed by atoms with Crippen molar-refractivity contribution < 1.29 is 13.5 Å². The number of thiophene rings is 1. The van der Waals surface area contributed by atoms with Crippen molar-refractivity contribution in [1.82, 2.24) is 9.21 Å². The highest BCUT2D eigenvalue weighted by atomic mass is 32.2. The van der Waals surface area contributed by atoms with Gasteiger partial charge in [-0.15, -0.1) is 11.3 Å². The SMILES string of the molecule is Cc1csc(CO)c1S(=O)(=O)N1CC(C)C(N(C)C)C1. The molecule has 1 fully saturated rings. The maximum Gasteiger partial charge on any atom is 0.244 e. The Morgan fingerprint density at radius 1 is 1.45 bits per heavy atom. The van der Waals surface area contributed by atoms with E-state index in [9.17, 15) is 13.5 Å². The lowest BCUT2D eigenvalue weighted by atomic mass is 10.1. The van der Waals surface area contributed by atoms with Crippen molar-refractivity contribution >= 4 is 21.4 Å². The lowest BCUT2D eigenvalue weighted by molar-refractivity contribution is 0.263. The summed E-state index contributed by atoms with van der Waals surface area (Å²) >= 11 is 1.30. The fourth-order valence-corrected chi connectivity index (χ4v) is 6.02. The predicted octanol–water partition coefficient (Wildman–Crippen LogP) is 1.12. The van der Waals surface area contributed by atoms with Crippen LogP contribution in [0, 0.1) is 12.8 Å². The Bertz CT molecular complexity index is 580. The highest BCUT2D eigenvalue weighted by Crippen LogP contribution is 2.33. The summed E-state index contributed by atoms with van der Waals surface area (Å²) in [7, 11) is 0.446. The van der Waals surface area contributed by atoms with Crippen LogP contribution in [0.4, 0.5) is 0 Å². The van der Waals surface area contributed by atoms with E-state index in [1.165, 1.54) is 11.3 Å². The Hall–Kier alpha value is -0.470. The van der Waals surface area contributed by atoms with Gasteiger partial charge in [0.25, 0.3) is 0 Å². The van der Waals surface area contributed by atoms with Gasteiger partial charge in [-0.2, -0.15) is 4.31 Å². The van der Waals surface area contributed by atoms with Crippen molar-refractivity contribution in [3.05, 3.63) is 15.8 Å². The van der Waals surface area contributed by atoms with Crippen molar-refractivity contribution in [3.63, 3.8) is 0 Å². The number of nitrogens with zero attached hydrogens (tertiary/aromatic N) is 2. The third-order valence-corrected chi connectivity index (χ3v) is 7.21. The molecule has 1 aliphatic heterocycles. The Kier molecular flexibility index (Phi) is 4.56. The highest BCUT2D eigenvalue weighted by Gasteiger charge is 2.39. The third-order valence-electron chi connectivity index (χ3n) is 3.93. The molecule has 5 nitrogen and oxygen atoms in total. The summed E-state index contributed by atoms with van der Waals surface area (Å²) in [6.07, 6.45) is 0. The normalized spacial score (nSPS) is 24.7. The molecule has 2 unspecified atom stereocenters. The molecular formula is C13H22N2O3S2. The summed E-state index contributed by atoms with van der Waals surface area (Å²) in [4.78, 5) is 2.91. The van der Waals surface area contributed by atoms with Gasteiger partial charge in [-0.05, 0) is 37.9 Å². The summed E-state index contributed by atoms with van der Waals surface area (Å²) < 4.78 is 27.2. The van der Waals surface area contributed by atoms with Crippen LogP contribution in [0.1, 0.15) is 17.4 Å². The molecule has 1 saturated heterocycles. The number of hydrogen-bond acceptors (Lipinski definition) is 5. The first-order valence-corrected chi connectivity index (χ1v) is 8.95. The van der Waals surface area contributed by atoms with Gasteiger partial charge >= 0.3 is 0 Å². The molecular weight excluding hydrogens is 296 g/mol. The summed E-state index contributed by atoms with van der Waals surface area (Å²) in [5, 5.41) is 11.1. The molecule has 0 aromatic carbocycles. The predicted molar refractivity (Wildman–Crippen MR) is 80.4 cm³/mol. The van der Waals surface area contributed by atoms with Crippen molar-refractivity contribution in [2.24, 2.45) is 5.92 Å². The summed E-state index contributed by atoms with van der Waals surface area (Å²) in [5.74, 6) is 0.302. The van der Waals surface area contributed by atoms with E-state index >= 15 is 0 Å². The van der Waals surface area contributed by atoms with Gasteiger partial charge in [-0.25, -0.2) is 8.42 Å². The first-order chi connectivity index (χ1) is 9.28. The van der Waals surface area contributed by atoms with Gasteiger partial charge in [-0.1, -0.05) is 6.92 Å². The second-order valence-electron chi connectivity index (χ2n) is 5.66. The minimum absolute atomic E-state index is 0.229. The Morgan fingerprint density at radius 3 is 2.60 bits per heavy atom. The molecule has 2 atom stereocenters. The van der Waals surface area contributed by atoms with E-state index in [1.807, 2.05) is 14.1 Å². The molecule has 114 valence electrons. The van der Waals surface area contributed by atoms with Crippen molar-refractivity contribution in [2.75, 3.05) is 27.2 Å². The van der Waals surface area contributed by atoms with Crippen LogP contribution in [0.5, 0.6) is 0 Å². The average molecular weight is 318 g/mol. The molecule has 1 aromatic heterocycles. The molecule has 0 radical (unpaired) electrons. The fourth-order valence-electron chi connectivity index (χ4n) is 2.85. The zero-order chi connectivity index (χ0) is 15.1. The quantitative estimate of drug-likeness (QED) is 0.904. The lowest BCUT2D eigenvalue weighted by Gasteiger charge is -2.22. The number of aryl methyl sites for hydroxylation is 1. The zero-order valence-electron chi connectivity index (χ0n) is 12.3. The van der Waals surface area contributed by atoms with E-state index in [1.54, 1.807) is 16.6 Å². The Balaban J connectivity index is 2.35. The highest BCUT2D eigenvalue weighted by molar-refractivity contribution is 7.89. The smallest absolute Gasteiger partial charge is 0.244 e. The monoisotopic (exact) mass is 318 g/mol. The largest absolute Gasteiger partial charge is 0.391 e. The fraction of sp³-hybridized carbons (Fsp3) is 0.692. The molecule has 2 rings (SSSR count). The molecule has 1 N–H and O–H groups in total. The van der Waals surface area contributed by atoms with Gasteiger partial charge < -0.3 is 10.0 Å². The first kappa shape index (κ1) is 15.9. The van der Waals surface area contributed by atoms with Gasteiger partial charge in [0, 0.05) is 19.1 Å². The van der Waals surface area contributed by atoms with Gasteiger partial charge in [0.15, 0.2) is 0 Å². The van der Waals surface area contributed by atoms with Crippen molar-refractivity contribution in [1.29, 1.82) is 0 Å². The van der Waals surface area contributed by atoms with E-state index in [-0.39, 0.29) is 12.6 Å². The summed E-state index contributed by atoms with van der Waals surface area (Å²) in [6, 6.07) is 0.237. The second kappa shape index (κ2) is 5.73. The van der Waals surface area contributed by atoms with Crippen LogP contribution in [-0.2, 0) is 16.6 Å². The number of sulfonamides is 1. The molecule has 1 aliphatic rings. The Morgan fingerprint density at radius 2 is 2.10 bits per heavy atom. The lowest BCUT2D eigenvalue weighted by Crippen LogP contribution is -2.36. The summed E-state index contributed by atoms with van der Waals surface area (Å²) in [6.45, 7) is 4.68. The molecule has 0 amide bonds. The number of likely N-dealkylation sites (N-methyl/N-ethyl adjacent to an activating group) is 1. The first-order valence-electron chi connectivity index (χ1n) is 6.63. The van der Waals surface area contributed by atoms with Crippen LogP contribution in [0.2, 0.25) is 0 Å². The Labute approximate surface area is 124 Å². The van der Waals surface area contributed by atoms with Crippen LogP contribution in [0.25, 0.3) is 0 Å². The van der Waals surface area contributed by atoms with E-state index < -0.39 is 10.0 Å². The zero-order valence-corrected chi connectivity index (χ0v) is 14.0. The minimum atomic E-state index is -3.51. The molecule has 0 spiro atoms. The van der Waals surface area contributed by atoms with Crippen LogP contribution in [-0.4, -0.2) is 56.0 Å². The molecule has 0 saturated carbocycles. The van der Waals surface area contributed by atoms with Gasteiger partial charge in [0.2, 0.25) is 10.0 Å². The van der Waals surface area contributed by atoms with Crippen molar-refractivity contribution in [2.45, 2.75) is 31.4 Å². The molecule has 0 aliphatic carbocycles. The number of rotatable bonds is 4. The molecule has 20 heavy (non-hydrogen) atoms. The number of aliphatic hydroxyl groups excluding tert-OH is 1. The van der Waals surface area contributed by atoms with Gasteiger partial charge in [0.1, 0.15) is 4.90 Å². The van der Waals surface area contributed by atoms with E-state index in [2.05, 4.69) is 11.8 Å². The maximum atomic E-state index is 12.8. The minimum Gasteiger partial charge on any atom is -0.391 e. The van der Waals surface area contributed by atoms with E-state index in [0.717, 1.165) is 5.56 Å². The number of aliphatic hydroxyl groups is 1. The van der Waals surface area contributed by atoms with Crippen molar-refractivity contribution in [3.8, 4) is 0 Å². The van der Waals surface area contributed by atoms with Crippen LogP contribution < -0.4 is 0 Å². The molecule has 0 bridgehead atoms. The second-order valence-corrected chi connectivity index (χ2v) is 8.50. The maximum absolute atomic E-state index is 12.8. The number of hydrogen-bond donors (Lipinski definition) is 1.